The summed E-state index contributed by atoms with van der Waals surface area (Å²) >= 11 is 3.33. The first-order chi connectivity index (χ1) is 19.1. The number of hydrogen-bond acceptors (Lipinski definition) is 5. The Kier molecular flexibility index (Phi) is 28.6. The van der Waals surface area contributed by atoms with E-state index in [1.54, 1.807) is 6.08 Å². The molecule has 0 saturated heterocycles. The van der Waals surface area contributed by atoms with Crippen molar-refractivity contribution in [2.45, 2.75) is 155 Å². The number of carbonyl (C=O) groups excluding carboxylic acids is 2. The van der Waals surface area contributed by atoms with Crippen LogP contribution in [0, 0.1) is 17.2 Å². The van der Waals surface area contributed by atoms with Gasteiger partial charge in [0.05, 0.1) is 25.2 Å². The molecule has 0 aromatic rings. The average Bonchev–Trinajstić information content (AvgIpc) is 2.94. The zero-order valence-electron chi connectivity index (χ0n) is 25.3. The number of rotatable bonds is 28. The minimum Gasteiger partial charge on any atom is -0.462 e. The molecule has 1 unspecified atom stereocenters. The fourth-order valence-corrected chi connectivity index (χ4v) is 4.99. The second-order valence-electron chi connectivity index (χ2n) is 10.8. The predicted octanol–water partition coefficient (Wildman–Crippen LogP) is 10.2. The molecule has 1 atom stereocenters. The minimum absolute atomic E-state index is 0.0274. The summed E-state index contributed by atoms with van der Waals surface area (Å²) in [6.45, 7) is 5.12. The number of unbranched alkanes of at least 4 members (excludes halogenated alkanes) is 18. The summed E-state index contributed by atoms with van der Waals surface area (Å²) in [5.74, 6) is -1.37. The Balaban J connectivity index is 4.30. The maximum absolute atomic E-state index is 12.7. The molecule has 0 radical (unpaired) electrons. The fraction of sp³-hybridized carbons (Fsp3) is 0.848. The molecule has 0 amide bonds. The van der Waals surface area contributed by atoms with Crippen LogP contribution in [0.15, 0.2) is 11.6 Å². The van der Waals surface area contributed by atoms with Gasteiger partial charge in [0.1, 0.15) is 5.57 Å². The first-order valence-corrected chi connectivity index (χ1v) is 17.2. The van der Waals surface area contributed by atoms with E-state index < -0.39 is 11.9 Å². The molecule has 0 spiro atoms. The zero-order valence-corrected chi connectivity index (χ0v) is 26.9. The van der Waals surface area contributed by atoms with Gasteiger partial charge in [-0.05, 0) is 25.7 Å². The van der Waals surface area contributed by atoms with E-state index in [-0.39, 0.29) is 11.5 Å². The van der Waals surface area contributed by atoms with Crippen molar-refractivity contribution in [1.29, 1.82) is 5.26 Å². The van der Waals surface area contributed by atoms with Gasteiger partial charge in [0.2, 0.25) is 0 Å². The van der Waals surface area contributed by atoms with Crippen LogP contribution in [0.25, 0.3) is 0 Å². The molecule has 0 heterocycles. The van der Waals surface area contributed by atoms with Gasteiger partial charge in [-0.15, -0.1) is 0 Å². The van der Waals surface area contributed by atoms with E-state index in [9.17, 15) is 9.59 Å². The van der Waals surface area contributed by atoms with Crippen molar-refractivity contribution in [1.82, 2.24) is 0 Å². The molecule has 0 saturated carbocycles. The summed E-state index contributed by atoms with van der Waals surface area (Å²) in [6, 6.07) is 2.23. The van der Waals surface area contributed by atoms with Crippen LogP contribution in [0.2, 0.25) is 0 Å². The fourth-order valence-electron chi connectivity index (χ4n) is 4.52. The molecule has 0 rings (SSSR count). The van der Waals surface area contributed by atoms with Gasteiger partial charge in [-0.2, -0.15) is 5.26 Å². The summed E-state index contributed by atoms with van der Waals surface area (Å²) in [7, 11) is 0. The van der Waals surface area contributed by atoms with E-state index in [1.807, 2.05) is 0 Å². The highest BCUT2D eigenvalue weighted by Gasteiger charge is 2.21. The molecule has 0 aliphatic rings. The van der Waals surface area contributed by atoms with Crippen molar-refractivity contribution < 1.29 is 19.1 Å². The van der Waals surface area contributed by atoms with Crippen LogP contribution in [0.3, 0.4) is 0 Å². The first kappa shape index (κ1) is 37.6. The molecule has 226 valence electrons. The van der Waals surface area contributed by atoms with Crippen molar-refractivity contribution >= 4 is 27.9 Å². The van der Waals surface area contributed by atoms with Crippen molar-refractivity contribution in [3.05, 3.63) is 11.6 Å². The third-order valence-electron chi connectivity index (χ3n) is 7.13. The topological polar surface area (TPSA) is 76.4 Å². The average molecular weight is 613 g/mol. The third kappa shape index (κ3) is 24.2. The standard InChI is InChI=1S/C33H58BrNO4/c1-3-5-7-9-11-13-15-17-19-21-26-38-32(36)31(25-23-24-30(28-34)29-35)33(37)39-27-22-20-18-16-14-12-10-8-6-4-2/h25,30H,3-24,26-28H2,1-2H3. The third-order valence-corrected chi connectivity index (χ3v) is 7.92. The summed E-state index contributed by atoms with van der Waals surface area (Å²) < 4.78 is 10.9. The molecule has 0 aromatic heterocycles. The molecular weight excluding hydrogens is 554 g/mol. The Hall–Kier alpha value is -1.35. The Labute approximate surface area is 249 Å². The molecule has 0 N–H and O–H groups in total. The second-order valence-corrected chi connectivity index (χ2v) is 11.5. The summed E-state index contributed by atoms with van der Waals surface area (Å²) in [5, 5.41) is 9.73. The van der Waals surface area contributed by atoms with E-state index in [1.165, 1.54) is 89.9 Å². The molecule has 0 bridgehead atoms. The number of ether oxygens (including phenoxy) is 2. The number of esters is 2. The van der Waals surface area contributed by atoms with E-state index in [2.05, 4.69) is 35.8 Å². The highest BCUT2D eigenvalue weighted by Crippen LogP contribution is 2.15. The van der Waals surface area contributed by atoms with Crippen LogP contribution in [-0.4, -0.2) is 30.5 Å². The van der Waals surface area contributed by atoms with Gasteiger partial charge in [0, 0.05) is 5.33 Å². The Bertz CT molecular complexity index is 619. The lowest BCUT2D eigenvalue weighted by molar-refractivity contribution is -0.147. The van der Waals surface area contributed by atoms with Crippen LogP contribution in [0.1, 0.15) is 155 Å². The SMILES string of the molecule is CCCCCCCCCCCCOC(=O)C(=CCCC(C#N)CBr)C(=O)OCCCCCCCCCCCC. The molecule has 6 heteroatoms. The van der Waals surface area contributed by atoms with Crippen molar-refractivity contribution in [2.75, 3.05) is 18.5 Å². The molecule has 0 fully saturated rings. The number of alkyl halides is 1. The Morgan fingerprint density at radius 3 is 1.36 bits per heavy atom. The number of nitriles is 1. The monoisotopic (exact) mass is 611 g/mol. The molecule has 0 aliphatic carbocycles. The molecular formula is C33H58BrNO4. The maximum Gasteiger partial charge on any atom is 0.345 e. The number of halogens is 1. The predicted molar refractivity (Wildman–Crippen MR) is 166 cm³/mol. The number of allylic oxidation sites excluding steroid dienone is 1. The minimum atomic E-state index is -0.605. The van der Waals surface area contributed by atoms with Crippen molar-refractivity contribution in [2.24, 2.45) is 5.92 Å². The molecule has 0 aliphatic heterocycles. The van der Waals surface area contributed by atoms with E-state index in [0.717, 1.165) is 38.5 Å². The summed E-state index contributed by atoms with van der Waals surface area (Å²) in [4.78, 5) is 25.4. The second kappa shape index (κ2) is 29.6. The first-order valence-electron chi connectivity index (χ1n) is 16.1. The highest BCUT2D eigenvalue weighted by molar-refractivity contribution is 9.09. The quantitative estimate of drug-likeness (QED) is 0.0219. The van der Waals surface area contributed by atoms with Crippen molar-refractivity contribution in [3.63, 3.8) is 0 Å². The number of hydrogen-bond donors (Lipinski definition) is 0. The smallest absolute Gasteiger partial charge is 0.345 e. The summed E-state index contributed by atoms with van der Waals surface area (Å²) in [5.41, 5.74) is -0.0274. The lowest BCUT2D eigenvalue weighted by Crippen LogP contribution is -2.19. The largest absolute Gasteiger partial charge is 0.462 e. The molecule has 5 nitrogen and oxygen atoms in total. The zero-order chi connectivity index (χ0) is 28.8. The maximum atomic E-state index is 12.7. The normalized spacial score (nSPS) is 11.5. The van der Waals surface area contributed by atoms with E-state index >= 15 is 0 Å². The summed E-state index contributed by atoms with van der Waals surface area (Å²) in [6.07, 6.45) is 26.8. The molecule has 39 heavy (non-hydrogen) atoms. The van der Waals surface area contributed by atoms with Crippen LogP contribution >= 0.6 is 15.9 Å². The molecule has 0 aromatic carbocycles. The number of nitrogens with zero attached hydrogens (tertiary/aromatic N) is 1. The highest BCUT2D eigenvalue weighted by atomic mass is 79.9. The van der Waals surface area contributed by atoms with Crippen LogP contribution < -0.4 is 0 Å². The van der Waals surface area contributed by atoms with Gasteiger partial charge in [0.25, 0.3) is 0 Å². The van der Waals surface area contributed by atoms with Crippen LogP contribution in [0.5, 0.6) is 0 Å². The number of carbonyl (C=O) groups is 2. The van der Waals surface area contributed by atoms with Crippen LogP contribution in [-0.2, 0) is 19.1 Å². The van der Waals surface area contributed by atoms with Gasteiger partial charge < -0.3 is 9.47 Å². The van der Waals surface area contributed by atoms with Gasteiger partial charge in [-0.3, -0.25) is 0 Å². The Morgan fingerprint density at radius 1 is 0.667 bits per heavy atom. The van der Waals surface area contributed by atoms with Gasteiger partial charge >= 0.3 is 11.9 Å². The lowest BCUT2D eigenvalue weighted by atomic mass is 10.1. The van der Waals surface area contributed by atoms with Gasteiger partial charge in [-0.1, -0.05) is 151 Å². The van der Waals surface area contributed by atoms with Crippen LogP contribution in [0.4, 0.5) is 0 Å². The van der Waals surface area contributed by atoms with E-state index in [4.69, 9.17) is 14.7 Å². The van der Waals surface area contributed by atoms with Gasteiger partial charge in [0.15, 0.2) is 0 Å². The van der Waals surface area contributed by atoms with Crippen molar-refractivity contribution in [3.8, 4) is 6.07 Å². The lowest BCUT2D eigenvalue weighted by Gasteiger charge is -2.10. The van der Waals surface area contributed by atoms with Gasteiger partial charge in [-0.25, -0.2) is 9.59 Å². The van der Waals surface area contributed by atoms with E-state index in [0.29, 0.717) is 31.4 Å². The Morgan fingerprint density at radius 2 is 1.03 bits per heavy atom.